The van der Waals surface area contributed by atoms with E-state index in [1.165, 1.54) is 4.90 Å². The summed E-state index contributed by atoms with van der Waals surface area (Å²) < 4.78 is 53.8. The van der Waals surface area contributed by atoms with Crippen molar-refractivity contribution in [2.45, 2.75) is 58.3 Å². The fourth-order valence-corrected chi connectivity index (χ4v) is 4.83. The highest BCUT2D eigenvalue weighted by molar-refractivity contribution is 6.02. The van der Waals surface area contributed by atoms with Gasteiger partial charge in [-0.3, -0.25) is 14.6 Å². The first kappa shape index (κ1) is 25.9. The molecule has 1 aromatic carbocycles. The lowest BCUT2D eigenvalue weighted by molar-refractivity contribution is -0.137. The van der Waals surface area contributed by atoms with E-state index in [1.807, 2.05) is 13.8 Å². The van der Waals surface area contributed by atoms with E-state index in [2.05, 4.69) is 15.6 Å². The second-order valence-corrected chi connectivity index (χ2v) is 9.77. The zero-order chi connectivity index (χ0) is 26.2. The maximum atomic E-state index is 14.8. The average Bonchev–Trinajstić information content (AvgIpc) is 3.58. The summed E-state index contributed by atoms with van der Waals surface area (Å²) >= 11 is 0. The molecule has 2 amide bonds. The van der Waals surface area contributed by atoms with Crippen LogP contribution in [0.3, 0.4) is 0 Å². The van der Waals surface area contributed by atoms with Crippen molar-refractivity contribution in [1.29, 1.82) is 0 Å². The van der Waals surface area contributed by atoms with Crippen molar-refractivity contribution in [3.05, 3.63) is 58.7 Å². The molecule has 0 spiro atoms. The van der Waals surface area contributed by atoms with E-state index in [0.717, 1.165) is 25.0 Å². The van der Waals surface area contributed by atoms with Crippen LogP contribution in [-0.2, 0) is 11.0 Å². The Morgan fingerprint density at radius 2 is 1.94 bits per heavy atom. The molecule has 1 aliphatic heterocycles. The molecule has 194 valence electrons. The zero-order valence-corrected chi connectivity index (χ0v) is 20.5. The van der Waals surface area contributed by atoms with E-state index in [1.54, 1.807) is 19.2 Å². The highest BCUT2D eigenvalue weighted by Crippen LogP contribution is 2.43. The molecular formula is C26H30F4N4O2. The van der Waals surface area contributed by atoms with Crippen molar-refractivity contribution >= 4 is 17.5 Å². The zero-order valence-electron chi connectivity index (χ0n) is 20.5. The summed E-state index contributed by atoms with van der Waals surface area (Å²) in [7, 11) is 0. The second kappa shape index (κ2) is 10.1. The Bertz CT molecular complexity index is 1150. The first-order valence-corrected chi connectivity index (χ1v) is 12.2. The van der Waals surface area contributed by atoms with Crippen LogP contribution in [0, 0.1) is 24.6 Å². The van der Waals surface area contributed by atoms with E-state index in [9.17, 15) is 27.2 Å². The monoisotopic (exact) mass is 506 g/mol. The number of aromatic nitrogens is 1. The van der Waals surface area contributed by atoms with Gasteiger partial charge in [0, 0.05) is 24.3 Å². The molecule has 36 heavy (non-hydrogen) atoms. The van der Waals surface area contributed by atoms with Gasteiger partial charge < -0.3 is 15.5 Å². The van der Waals surface area contributed by atoms with Gasteiger partial charge in [0.1, 0.15) is 11.9 Å². The predicted octanol–water partition coefficient (Wildman–Crippen LogP) is 5.10. The Hall–Kier alpha value is -3.17. The van der Waals surface area contributed by atoms with Crippen molar-refractivity contribution in [1.82, 2.24) is 15.2 Å². The maximum Gasteiger partial charge on any atom is 0.416 e. The molecule has 2 N–H and O–H groups in total. The van der Waals surface area contributed by atoms with Gasteiger partial charge in [-0.05, 0) is 63.1 Å². The van der Waals surface area contributed by atoms with Crippen LogP contribution in [0.1, 0.15) is 66.3 Å². The number of amides is 2. The maximum absolute atomic E-state index is 14.8. The first-order chi connectivity index (χ1) is 17.0. The van der Waals surface area contributed by atoms with Crippen molar-refractivity contribution < 1.29 is 27.2 Å². The van der Waals surface area contributed by atoms with E-state index in [0.29, 0.717) is 42.5 Å². The van der Waals surface area contributed by atoms with Crippen molar-refractivity contribution in [3.8, 4) is 0 Å². The number of hydrogen-bond donors (Lipinski definition) is 2. The lowest BCUT2D eigenvalue weighted by Gasteiger charge is -2.28. The van der Waals surface area contributed by atoms with Crippen molar-refractivity contribution in [3.63, 3.8) is 0 Å². The van der Waals surface area contributed by atoms with Gasteiger partial charge in [-0.15, -0.1) is 0 Å². The van der Waals surface area contributed by atoms with Gasteiger partial charge in [0.15, 0.2) is 0 Å². The number of likely N-dealkylation sites (tertiary alicyclic amines) is 1. The number of halogens is 4. The van der Waals surface area contributed by atoms with Crippen LogP contribution in [0.25, 0.3) is 0 Å². The minimum Gasteiger partial charge on any atom is -0.383 e. The molecule has 1 aromatic heterocycles. The van der Waals surface area contributed by atoms with Crippen molar-refractivity contribution in [2.75, 3.05) is 18.4 Å². The summed E-state index contributed by atoms with van der Waals surface area (Å²) in [4.78, 5) is 32.8. The Morgan fingerprint density at radius 3 is 2.56 bits per heavy atom. The standard InChI is InChI=1S/C26H30F4N4O2/c1-4-31-21-12-32-15(3)10-19(21)25(36)34-13-14(2)9-22(34)24(35)33-23(16-5-6-16)18-8-7-17(11-20(18)27)26(28,29)30/h7-8,10-12,14,16,22-23,31H,4-6,9,13H2,1-3H3,(H,33,35)/t14-,22-,23-/m1/s1. The van der Waals surface area contributed by atoms with Gasteiger partial charge >= 0.3 is 6.18 Å². The van der Waals surface area contributed by atoms with Crippen LogP contribution in [-0.4, -0.2) is 40.8 Å². The van der Waals surface area contributed by atoms with Crippen LogP contribution in [0.2, 0.25) is 0 Å². The number of carbonyl (C=O) groups excluding carboxylic acids is 2. The summed E-state index contributed by atoms with van der Waals surface area (Å²) in [5.41, 5.74) is 0.621. The molecule has 10 heteroatoms. The third-order valence-electron chi connectivity index (χ3n) is 6.77. The number of nitrogens with zero attached hydrogens (tertiary/aromatic N) is 2. The molecule has 2 heterocycles. The molecule has 1 saturated heterocycles. The van der Waals surface area contributed by atoms with E-state index in [-0.39, 0.29) is 23.3 Å². The Balaban J connectivity index is 1.58. The molecule has 2 aliphatic rings. The van der Waals surface area contributed by atoms with Crippen LogP contribution < -0.4 is 10.6 Å². The molecule has 3 atom stereocenters. The third kappa shape index (κ3) is 5.47. The minimum absolute atomic E-state index is 0.0296. The number of carbonyl (C=O) groups is 2. The quantitative estimate of drug-likeness (QED) is 0.513. The number of nitrogens with one attached hydrogen (secondary N) is 2. The predicted molar refractivity (Wildman–Crippen MR) is 127 cm³/mol. The van der Waals surface area contributed by atoms with Gasteiger partial charge in [0.2, 0.25) is 5.91 Å². The normalized spacial score (nSPS) is 20.8. The lowest BCUT2D eigenvalue weighted by atomic mass is 9.98. The molecule has 4 rings (SSSR count). The Labute approximate surface area is 207 Å². The Kier molecular flexibility index (Phi) is 7.24. The molecular weight excluding hydrogens is 476 g/mol. The largest absolute Gasteiger partial charge is 0.416 e. The van der Waals surface area contributed by atoms with Crippen LogP contribution in [0.4, 0.5) is 23.2 Å². The van der Waals surface area contributed by atoms with Gasteiger partial charge in [0.25, 0.3) is 5.91 Å². The summed E-state index contributed by atoms with van der Waals surface area (Å²) in [5, 5.41) is 5.99. The number of rotatable bonds is 7. The molecule has 1 aliphatic carbocycles. The van der Waals surface area contributed by atoms with Gasteiger partial charge in [-0.1, -0.05) is 13.0 Å². The highest BCUT2D eigenvalue weighted by atomic mass is 19.4. The van der Waals surface area contributed by atoms with Crippen LogP contribution in [0.15, 0.2) is 30.5 Å². The average molecular weight is 507 g/mol. The molecule has 1 saturated carbocycles. The number of pyridine rings is 1. The first-order valence-electron chi connectivity index (χ1n) is 12.2. The van der Waals surface area contributed by atoms with Crippen LogP contribution >= 0.6 is 0 Å². The molecule has 0 bridgehead atoms. The van der Waals surface area contributed by atoms with E-state index < -0.39 is 35.5 Å². The van der Waals surface area contributed by atoms with Gasteiger partial charge in [-0.2, -0.15) is 13.2 Å². The van der Waals surface area contributed by atoms with Crippen molar-refractivity contribution in [2.24, 2.45) is 11.8 Å². The molecule has 0 radical (unpaired) electrons. The number of aryl methyl sites for hydroxylation is 1. The SMILES string of the molecule is CCNc1cnc(C)cc1C(=O)N1C[C@H](C)C[C@@H]1C(=O)N[C@@H](c1ccc(C(F)(F)F)cc1F)C1CC1. The molecule has 0 unspecified atom stereocenters. The summed E-state index contributed by atoms with van der Waals surface area (Å²) in [5.74, 6) is -1.73. The molecule has 2 aromatic rings. The number of anilines is 1. The molecule has 2 fully saturated rings. The highest BCUT2D eigenvalue weighted by Gasteiger charge is 2.42. The smallest absolute Gasteiger partial charge is 0.383 e. The van der Waals surface area contributed by atoms with Gasteiger partial charge in [-0.25, -0.2) is 4.39 Å². The number of alkyl halides is 3. The minimum atomic E-state index is -4.66. The summed E-state index contributed by atoms with van der Waals surface area (Å²) in [6.45, 7) is 6.60. The second-order valence-electron chi connectivity index (χ2n) is 9.77. The lowest BCUT2D eigenvalue weighted by Crippen LogP contribution is -2.47. The third-order valence-corrected chi connectivity index (χ3v) is 6.77. The van der Waals surface area contributed by atoms with E-state index in [4.69, 9.17) is 0 Å². The number of hydrogen-bond acceptors (Lipinski definition) is 4. The Morgan fingerprint density at radius 1 is 1.22 bits per heavy atom. The number of benzene rings is 1. The summed E-state index contributed by atoms with van der Waals surface area (Å²) in [6.07, 6.45) is -1.16. The van der Waals surface area contributed by atoms with Crippen LogP contribution in [0.5, 0.6) is 0 Å². The fraction of sp³-hybridized carbons (Fsp3) is 0.500. The van der Waals surface area contributed by atoms with E-state index >= 15 is 0 Å². The topological polar surface area (TPSA) is 74.3 Å². The summed E-state index contributed by atoms with van der Waals surface area (Å²) in [6, 6.07) is 2.56. The fourth-order valence-electron chi connectivity index (χ4n) is 4.83. The molecule has 6 nitrogen and oxygen atoms in total. The van der Waals surface area contributed by atoms with Gasteiger partial charge in [0.05, 0.1) is 29.1 Å².